The summed E-state index contributed by atoms with van der Waals surface area (Å²) in [7, 11) is 3.00. The molecule has 2 heterocycles. The van der Waals surface area contributed by atoms with E-state index in [9.17, 15) is 4.79 Å². The van der Waals surface area contributed by atoms with Crippen LogP contribution in [0.5, 0.6) is 11.5 Å². The Kier molecular flexibility index (Phi) is 7.17. The van der Waals surface area contributed by atoms with Gasteiger partial charge in [-0.2, -0.15) is 0 Å². The first-order valence-corrected chi connectivity index (χ1v) is 11.1. The zero-order valence-electron chi connectivity index (χ0n) is 18.8. The van der Waals surface area contributed by atoms with Gasteiger partial charge in [0.25, 0.3) is 0 Å². The van der Waals surface area contributed by atoms with Crippen LogP contribution in [0.25, 0.3) is 10.9 Å². The van der Waals surface area contributed by atoms with Crippen LogP contribution in [-0.2, 0) is 11.2 Å². The van der Waals surface area contributed by atoms with E-state index in [1.54, 1.807) is 13.2 Å². The number of fused-ring (bicyclic) bond motifs is 1. The lowest BCUT2D eigenvalue weighted by molar-refractivity contribution is 0.121. The highest BCUT2D eigenvalue weighted by Gasteiger charge is 2.17. The van der Waals surface area contributed by atoms with E-state index in [0.717, 1.165) is 68.6 Å². The van der Waals surface area contributed by atoms with E-state index >= 15 is 0 Å². The van der Waals surface area contributed by atoms with Crippen molar-refractivity contribution in [2.75, 3.05) is 51.8 Å². The number of aryl methyl sites for hydroxylation is 1. The summed E-state index contributed by atoms with van der Waals surface area (Å²) in [6.07, 6.45) is 4.63. The van der Waals surface area contributed by atoms with E-state index in [-0.39, 0.29) is 0 Å². The van der Waals surface area contributed by atoms with Crippen LogP contribution in [0.3, 0.4) is 0 Å². The number of nitrogens with one attached hydrogen (secondary N) is 1. The Labute approximate surface area is 188 Å². The number of methoxy groups -OCH3 is 2. The number of nitrogens with zero attached hydrogens (tertiary/aromatic N) is 2. The Bertz CT molecular complexity index is 1020. The van der Waals surface area contributed by atoms with Crippen molar-refractivity contribution in [3.63, 3.8) is 0 Å². The van der Waals surface area contributed by atoms with Gasteiger partial charge >= 0.3 is 6.16 Å². The minimum atomic E-state index is -0.700. The first-order chi connectivity index (χ1) is 15.7. The number of unbranched alkanes of at least 4 members (excludes halogenated alkanes) is 1. The summed E-state index contributed by atoms with van der Waals surface area (Å²) in [6, 6.07) is 13.9. The molecular weight excluding hydrogens is 406 g/mol. The molecule has 0 atom stereocenters. The third kappa shape index (κ3) is 5.34. The summed E-state index contributed by atoms with van der Waals surface area (Å²) < 4.78 is 15.0. The molecule has 0 bridgehead atoms. The Morgan fingerprint density at radius 3 is 2.44 bits per heavy atom. The Morgan fingerprint density at radius 2 is 1.72 bits per heavy atom. The number of anilines is 1. The van der Waals surface area contributed by atoms with E-state index in [1.807, 2.05) is 24.3 Å². The van der Waals surface area contributed by atoms with Crippen LogP contribution < -0.4 is 14.4 Å². The predicted molar refractivity (Wildman–Crippen MR) is 126 cm³/mol. The van der Waals surface area contributed by atoms with Gasteiger partial charge in [-0.05, 0) is 73.8 Å². The molecule has 0 spiro atoms. The quantitative estimate of drug-likeness (QED) is 0.319. The van der Waals surface area contributed by atoms with E-state index < -0.39 is 6.16 Å². The first-order valence-electron chi connectivity index (χ1n) is 11.1. The van der Waals surface area contributed by atoms with Gasteiger partial charge in [0.05, 0.1) is 14.2 Å². The fraction of sp³-hybridized carbons (Fsp3) is 0.400. The molecule has 0 amide bonds. The van der Waals surface area contributed by atoms with Gasteiger partial charge in [-0.1, -0.05) is 0 Å². The van der Waals surface area contributed by atoms with E-state index in [1.165, 1.54) is 18.4 Å². The summed E-state index contributed by atoms with van der Waals surface area (Å²) in [5.41, 5.74) is 3.56. The summed E-state index contributed by atoms with van der Waals surface area (Å²) in [6.45, 7) is 5.41. The molecule has 1 aliphatic heterocycles. The molecule has 170 valence electrons. The Hall–Kier alpha value is -3.19. The average Bonchev–Trinajstić information content (AvgIpc) is 3.24. The molecule has 1 saturated heterocycles. The van der Waals surface area contributed by atoms with Gasteiger partial charge < -0.3 is 24.1 Å². The molecule has 1 aromatic heterocycles. The Morgan fingerprint density at radius 1 is 0.969 bits per heavy atom. The molecule has 1 fully saturated rings. The van der Waals surface area contributed by atoms with Gasteiger partial charge in [0.15, 0.2) is 0 Å². The monoisotopic (exact) mass is 437 g/mol. The fourth-order valence-electron chi connectivity index (χ4n) is 4.24. The molecule has 7 heteroatoms. The van der Waals surface area contributed by atoms with Crippen LogP contribution in [0, 0.1) is 0 Å². The highest BCUT2D eigenvalue weighted by molar-refractivity contribution is 5.85. The van der Waals surface area contributed by atoms with Crippen LogP contribution in [0.2, 0.25) is 0 Å². The largest absolute Gasteiger partial charge is 0.513 e. The number of benzene rings is 2. The van der Waals surface area contributed by atoms with Crippen molar-refractivity contribution in [1.29, 1.82) is 0 Å². The second kappa shape index (κ2) is 10.4. The highest BCUT2D eigenvalue weighted by Crippen LogP contribution is 2.25. The number of aromatic nitrogens is 1. The maximum atomic E-state index is 11.4. The normalized spacial score (nSPS) is 14.5. The molecule has 0 radical (unpaired) electrons. The number of rotatable bonds is 8. The summed E-state index contributed by atoms with van der Waals surface area (Å²) in [5.74, 6) is 1.40. The number of hydrogen-bond acceptors (Lipinski definition) is 6. The first kappa shape index (κ1) is 22.0. The van der Waals surface area contributed by atoms with Crippen molar-refractivity contribution in [2.24, 2.45) is 0 Å². The number of carbonyl (C=O) groups is 1. The second-order valence-electron chi connectivity index (χ2n) is 8.06. The minimum absolute atomic E-state index is 0.500. The number of piperazine rings is 1. The number of carbonyl (C=O) groups excluding carboxylic acids is 1. The van der Waals surface area contributed by atoms with Gasteiger partial charge in [0.2, 0.25) is 0 Å². The number of aromatic amines is 1. The van der Waals surface area contributed by atoms with Crippen LogP contribution in [0.1, 0.15) is 18.4 Å². The molecule has 0 unspecified atom stereocenters. The maximum Gasteiger partial charge on any atom is 0.513 e. The van der Waals surface area contributed by atoms with E-state index in [4.69, 9.17) is 9.47 Å². The van der Waals surface area contributed by atoms with Crippen LogP contribution in [0.4, 0.5) is 10.5 Å². The van der Waals surface area contributed by atoms with Crippen LogP contribution in [0.15, 0.2) is 48.7 Å². The summed E-state index contributed by atoms with van der Waals surface area (Å²) >= 11 is 0. The van der Waals surface area contributed by atoms with Gasteiger partial charge in [-0.25, -0.2) is 4.79 Å². The van der Waals surface area contributed by atoms with Crippen LogP contribution in [-0.4, -0.2) is 63.0 Å². The lowest BCUT2D eigenvalue weighted by Gasteiger charge is -2.36. The third-order valence-electron chi connectivity index (χ3n) is 6.09. The molecule has 4 rings (SSSR count). The van der Waals surface area contributed by atoms with Crippen molar-refractivity contribution in [1.82, 2.24) is 9.88 Å². The van der Waals surface area contributed by atoms with E-state index in [0.29, 0.717) is 5.75 Å². The molecule has 0 aliphatic carbocycles. The van der Waals surface area contributed by atoms with Crippen molar-refractivity contribution in [3.8, 4) is 11.5 Å². The van der Waals surface area contributed by atoms with Crippen molar-refractivity contribution in [2.45, 2.75) is 19.3 Å². The SMILES string of the molecule is COC(=O)Oc1ccc2[nH]cc(CCCCN3CCN(c4ccc(OC)cc4)CC3)c2c1. The van der Waals surface area contributed by atoms with Gasteiger partial charge in [-0.3, -0.25) is 4.90 Å². The fourth-order valence-corrected chi connectivity index (χ4v) is 4.24. The van der Waals surface area contributed by atoms with Gasteiger partial charge in [0, 0.05) is 49.0 Å². The van der Waals surface area contributed by atoms with Crippen molar-refractivity contribution >= 4 is 22.7 Å². The lowest BCUT2D eigenvalue weighted by atomic mass is 10.1. The van der Waals surface area contributed by atoms with Crippen molar-refractivity contribution in [3.05, 3.63) is 54.2 Å². The Balaban J connectivity index is 1.22. The molecular formula is C25H31N3O4. The second-order valence-corrected chi connectivity index (χ2v) is 8.06. The molecule has 7 nitrogen and oxygen atoms in total. The summed E-state index contributed by atoms with van der Waals surface area (Å²) in [5, 5.41) is 1.10. The topological polar surface area (TPSA) is 67.0 Å². The van der Waals surface area contributed by atoms with Crippen molar-refractivity contribution < 1.29 is 19.0 Å². The molecule has 32 heavy (non-hydrogen) atoms. The smallest absolute Gasteiger partial charge is 0.497 e. The maximum absolute atomic E-state index is 11.4. The standard InChI is InChI=1S/C25H31N3O4/c1-30-21-8-6-20(7-9-21)28-15-13-27(14-16-28)12-4-3-5-19-18-26-24-11-10-22(17-23(19)24)32-25(29)31-2/h6-11,17-18,26H,3-5,12-16H2,1-2H3. The van der Waals surface area contributed by atoms with Gasteiger partial charge in [-0.15, -0.1) is 0 Å². The van der Waals surface area contributed by atoms with E-state index in [2.05, 4.69) is 37.9 Å². The molecule has 1 N–H and O–H groups in total. The third-order valence-corrected chi connectivity index (χ3v) is 6.09. The highest BCUT2D eigenvalue weighted by atomic mass is 16.7. The minimum Gasteiger partial charge on any atom is -0.497 e. The predicted octanol–water partition coefficient (Wildman–Crippen LogP) is 4.47. The summed E-state index contributed by atoms with van der Waals surface area (Å²) in [4.78, 5) is 19.7. The molecule has 0 saturated carbocycles. The number of H-pyrrole nitrogens is 1. The molecule has 2 aromatic carbocycles. The van der Waals surface area contributed by atoms with Crippen LogP contribution >= 0.6 is 0 Å². The molecule has 1 aliphatic rings. The zero-order chi connectivity index (χ0) is 22.3. The lowest BCUT2D eigenvalue weighted by Crippen LogP contribution is -2.46. The number of ether oxygens (including phenoxy) is 3. The molecule has 3 aromatic rings. The zero-order valence-corrected chi connectivity index (χ0v) is 18.8. The van der Waals surface area contributed by atoms with Gasteiger partial charge in [0.1, 0.15) is 11.5 Å². The average molecular weight is 438 g/mol. The number of hydrogen-bond donors (Lipinski definition) is 1.